The Bertz CT molecular complexity index is 1980. The second-order valence-electron chi connectivity index (χ2n) is 8.49. The van der Waals surface area contributed by atoms with E-state index in [9.17, 15) is 35.5 Å². The molecule has 204 valence electrons. The number of rotatable bonds is 6. The number of anilines is 3. The Morgan fingerprint density at radius 2 is 1.38 bits per heavy atom. The van der Waals surface area contributed by atoms with E-state index in [1.807, 2.05) is 0 Å². The number of carbonyl (C=O) groups is 2. The van der Waals surface area contributed by atoms with Crippen molar-refractivity contribution in [2.45, 2.75) is 16.2 Å². The highest BCUT2D eigenvalue weighted by Crippen LogP contribution is 2.37. The number of halogens is 1. The quantitative estimate of drug-likeness (QED) is 0.163. The van der Waals surface area contributed by atoms with Gasteiger partial charge < -0.3 is 11.1 Å². The van der Waals surface area contributed by atoms with Crippen LogP contribution in [0.4, 0.5) is 17.3 Å². The van der Waals surface area contributed by atoms with Crippen LogP contribution in [0.3, 0.4) is 0 Å². The molecule has 13 nitrogen and oxygen atoms in total. The average molecular weight is 602 g/mol. The summed E-state index contributed by atoms with van der Waals surface area (Å²) >= 11 is 6.06. The first kappa shape index (κ1) is 27.3. The minimum absolute atomic E-state index is 0.0114. The van der Waals surface area contributed by atoms with Crippen molar-refractivity contribution < 1.29 is 35.5 Å². The summed E-state index contributed by atoms with van der Waals surface area (Å²) in [6.07, 6.45) is -0.386. The largest absolute Gasteiger partial charge is 0.397 e. The normalized spacial score (nSPS) is 13.1. The maximum atomic E-state index is 13.5. The van der Waals surface area contributed by atoms with Gasteiger partial charge in [0, 0.05) is 23.1 Å². The molecule has 0 fully saturated rings. The van der Waals surface area contributed by atoms with Crippen molar-refractivity contribution in [1.82, 2.24) is 15.0 Å². The maximum absolute atomic E-state index is 13.5. The number of para-hydroxylation sites is 1. The molecule has 5 rings (SSSR count). The number of nitrogens with one attached hydrogen (secondary N) is 1. The lowest BCUT2D eigenvalue weighted by Gasteiger charge is -2.23. The Kier molecular flexibility index (Phi) is 6.63. The molecule has 40 heavy (non-hydrogen) atoms. The lowest BCUT2D eigenvalue weighted by molar-refractivity contribution is 0.0978. The summed E-state index contributed by atoms with van der Waals surface area (Å²) in [5.74, 6) is -1.71. The number of ketones is 2. The van der Waals surface area contributed by atoms with E-state index in [1.54, 1.807) is 6.07 Å². The van der Waals surface area contributed by atoms with Crippen molar-refractivity contribution in [1.29, 1.82) is 0 Å². The first-order valence-corrected chi connectivity index (χ1v) is 14.4. The molecule has 0 atom stereocenters. The SMILES string of the molecule is Nc1c(S(=O)(=O)O)cc(Cc2nc(Cl)nc(Nc3ccccc3S(=O)(=O)O)n2)c2c1C(=O)c1ccccc1C2=O. The molecular formula is C24H16ClN5O8S2. The van der Waals surface area contributed by atoms with Gasteiger partial charge in [-0.1, -0.05) is 36.4 Å². The number of hydrogen-bond donors (Lipinski definition) is 4. The van der Waals surface area contributed by atoms with E-state index >= 15 is 0 Å². The molecule has 0 saturated heterocycles. The van der Waals surface area contributed by atoms with Gasteiger partial charge in [-0.15, -0.1) is 0 Å². The number of nitrogens with zero attached hydrogens (tertiary/aromatic N) is 3. The van der Waals surface area contributed by atoms with E-state index in [0.29, 0.717) is 0 Å². The first-order chi connectivity index (χ1) is 18.8. The van der Waals surface area contributed by atoms with Gasteiger partial charge in [0.25, 0.3) is 20.2 Å². The zero-order valence-electron chi connectivity index (χ0n) is 19.9. The van der Waals surface area contributed by atoms with Crippen LogP contribution in [-0.4, -0.2) is 52.5 Å². The lowest BCUT2D eigenvalue weighted by Crippen LogP contribution is -2.26. The van der Waals surface area contributed by atoms with Crippen molar-refractivity contribution in [3.63, 3.8) is 0 Å². The van der Waals surface area contributed by atoms with Crippen LogP contribution in [0, 0.1) is 0 Å². The average Bonchev–Trinajstić information content (AvgIpc) is 2.86. The van der Waals surface area contributed by atoms with Gasteiger partial charge in [-0.25, -0.2) is 4.98 Å². The molecule has 1 aliphatic rings. The topological polar surface area (TPSA) is 220 Å². The molecule has 0 bridgehead atoms. The molecule has 5 N–H and O–H groups in total. The number of carbonyl (C=O) groups excluding carboxylic acids is 2. The van der Waals surface area contributed by atoms with Crippen LogP contribution >= 0.6 is 11.6 Å². The number of benzene rings is 3. The summed E-state index contributed by atoms with van der Waals surface area (Å²) in [4.78, 5) is 37.6. The van der Waals surface area contributed by atoms with Crippen LogP contribution in [0.15, 0.2) is 64.4 Å². The zero-order chi connectivity index (χ0) is 29.0. The smallest absolute Gasteiger partial charge is 0.296 e. The number of hydrogen-bond acceptors (Lipinski definition) is 11. The third-order valence-corrected chi connectivity index (χ3v) is 7.95. The van der Waals surface area contributed by atoms with Crippen molar-refractivity contribution in [2.75, 3.05) is 11.1 Å². The van der Waals surface area contributed by atoms with Crippen molar-refractivity contribution in [2.24, 2.45) is 0 Å². The zero-order valence-corrected chi connectivity index (χ0v) is 22.2. The molecule has 0 spiro atoms. The molecule has 0 radical (unpaired) electrons. The number of nitrogens with two attached hydrogens (primary N) is 1. The van der Waals surface area contributed by atoms with Gasteiger partial charge in [-0.3, -0.25) is 18.7 Å². The lowest BCUT2D eigenvalue weighted by atomic mass is 9.80. The fourth-order valence-corrected chi connectivity index (χ4v) is 5.83. The van der Waals surface area contributed by atoms with E-state index in [1.165, 1.54) is 36.4 Å². The van der Waals surface area contributed by atoms with Gasteiger partial charge in [-0.2, -0.15) is 26.8 Å². The molecule has 0 saturated carbocycles. The molecule has 4 aromatic rings. The van der Waals surface area contributed by atoms with Crippen LogP contribution in [-0.2, 0) is 26.7 Å². The summed E-state index contributed by atoms with van der Waals surface area (Å²) in [6.45, 7) is 0. The maximum Gasteiger partial charge on any atom is 0.296 e. The van der Waals surface area contributed by atoms with Crippen molar-refractivity contribution in [3.05, 3.63) is 93.5 Å². The van der Waals surface area contributed by atoms with Crippen LogP contribution in [0.5, 0.6) is 0 Å². The number of fused-ring (bicyclic) bond motifs is 2. The van der Waals surface area contributed by atoms with Gasteiger partial charge in [0.1, 0.15) is 15.6 Å². The molecule has 0 unspecified atom stereocenters. The molecule has 1 aliphatic carbocycles. The molecule has 0 amide bonds. The molecule has 1 aromatic heterocycles. The fourth-order valence-electron chi connectivity index (χ4n) is 4.33. The van der Waals surface area contributed by atoms with Crippen molar-refractivity contribution in [3.8, 4) is 0 Å². The minimum atomic E-state index is -4.94. The van der Waals surface area contributed by atoms with Crippen molar-refractivity contribution >= 4 is 60.7 Å². The van der Waals surface area contributed by atoms with Gasteiger partial charge >= 0.3 is 0 Å². The summed E-state index contributed by atoms with van der Waals surface area (Å²) in [7, 11) is -9.56. The van der Waals surface area contributed by atoms with E-state index in [4.69, 9.17) is 17.3 Å². The standard InChI is InChI=1S/C24H16ClN5O8S2/c25-23-28-17(29-24(30-23)27-14-7-3-4-8-15(14)39(33,34)35)10-11-9-16(40(36,37)38)20(26)19-18(11)21(31)12-5-1-2-6-13(12)22(19)32/h1-9H,10,26H2,(H,33,34,35)(H,36,37,38)(H,27,28,29,30). The summed E-state index contributed by atoms with van der Waals surface area (Å²) in [5, 5.41) is 2.26. The van der Waals surface area contributed by atoms with E-state index in [0.717, 1.165) is 12.1 Å². The van der Waals surface area contributed by atoms with E-state index in [2.05, 4.69) is 20.3 Å². The second-order valence-corrected chi connectivity index (χ2v) is 11.6. The Labute approximate surface area is 231 Å². The van der Waals surface area contributed by atoms with Gasteiger partial charge in [0.05, 0.1) is 16.9 Å². The summed E-state index contributed by atoms with van der Waals surface area (Å²) < 4.78 is 67.1. The third kappa shape index (κ3) is 4.91. The molecule has 0 aliphatic heterocycles. The third-order valence-electron chi connectivity index (χ3n) is 5.97. The Morgan fingerprint density at radius 3 is 2.00 bits per heavy atom. The van der Waals surface area contributed by atoms with Gasteiger partial charge in [-0.05, 0) is 35.4 Å². The fraction of sp³-hybridized carbons (Fsp3) is 0.0417. The molecule has 1 heterocycles. The summed E-state index contributed by atoms with van der Waals surface area (Å²) in [6, 6.07) is 12.2. The summed E-state index contributed by atoms with van der Waals surface area (Å²) in [5.41, 5.74) is 4.74. The van der Waals surface area contributed by atoms with Crippen LogP contribution in [0.25, 0.3) is 0 Å². The van der Waals surface area contributed by atoms with Crippen LogP contribution in [0.2, 0.25) is 5.28 Å². The Morgan fingerprint density at radius 1 is 0.800 bits per heavy atom. The molecule has 16 heteroatoms. The Hall–Kier alpha value is -4.28. The molecule has 3 aromatic carbocycles. The van der Waals surface area contributed by atoms with Gasteiger partial charge in [0.15, 0.2) is 11.6 Å². The van der Waals surface area contributed by atoms with Gasteiger partial charge in [0.2, 0.25) is 11.2 Å². The highest BCUT2D eigenvalue weighted by Gasteiger charge is 2.36. The number of aromatic nitrogens is 3. The van der Waals surface area contributed by atoms with E-state index < -0.39 is 52.8 Å². The van der Waals surface area contributed by atoms with Crippen LogP contribution in [0.1, 0.15) is 43.2 Å². The second kappa shape index (κ2) is 9.72. The first-order valence-electron chi connectivity index (χ1n) is 11.1. The monoisotopic (exact) mass is 601 g/mol. The highest BCUT2D eigenvalue weighted by atomic mass is 35.5. The predicted octanol–water partition coefficient (Wildman–Crippen LogP) is 2.71. The van der Waals surface area contributed by atoms with E-state index in [-0.39, 0.29) is 51.4 Å². The minimum Gasteiger partial charge on any atom is -0.397 e. The van der Waals surface area contributed by atoms with Crippen LogP contribution < -0.4 is 11.1 Å². The Balaban J connectivity index is 1.65. The molecular weight excluding hydrogens is 586 g/mol. The number of nitrogen functional groups attached to an aromatic ring is 1. The predicted molar refractivity (Wildman–Crippen MR) is 141 cm³/mol. The highest BCUT2D eigenvalue weighted by molar-refractivity contribution is 7.86.